The molecule has 0 aliphatic carbocycles. The van der Waals surface area contributed by atoms with Crippen LogP contribution in [0.4, 0.5) is 5.95 Å². The molecule has 104 valence electrons. The average molecular weight is 261 g/mol. The van der Waals surface area contributed by atoms with Crippen LogP contribution < -0.4 is 10.2 Å². The third kappa shape index (κ3) is 2.58. The minimum atomic E-state index is 0.932. The summed E-state index contributed by atoms with van der Waals surface area (Å²) in [5, 5.41) is 3.42. The Kier molecular flexibility index (Phi) is 3.66. The summed E-state index contributed by atoms with van der Waals surface area (Å²) in [6, 6.07) is 0. The molecule has 1 aromatic rings. The van der Waals surface area contributed by atoms with Crippen molar-refractivity contribution >= 4 is 5.95 Å². The first-order valence-electron chi connectivity index (χ1n) is 7.31. The predicted molar refractivity (Wildman–Crippen MR) is 76.5 cm³/mol. The van der Waals surface area contributed by atoms with E-state index in [9.17, 15) is 0 Å². The molecule has 1 fully saturated rings. The second-order valence-electron chi connectivity index (χ2n) is 5.47. The minimum Gasteiger partial charge on any atom is -0.338 e. The lowest BCUT2D eigenvalue weighted by Crippen LogP contribution is -2.45. The van der Waals surface area contributed by atoms with Crippen LogP contribution in [-0.2, 0) is 19.4 Å². The largest absolute Gasteiger partial charge is 0.338 e. The van der Waals surface area contributed by atoms with E-state index in [1.807, 2.05) is 0 Å². The second-order valence-corrected chi connectivity index (χ2v) is 5.47. The summed E-state index contributed by atoms with van der Waals surface area (Å²) in [5.41, 5.74) is 3.83. The molecule has 2 aliphatic heterocycles. The number of nitrogens with one attached hydrogen (secondary N) is 1. The first-order valence-corrected chi connectivity index (χ1v) is 7.31. The van der Waals surface area contributed by atoms with Crippen LogP contribution in [0.15, 0.2) is 0 Å². The Balaban J connectivity index is 1.89. The van der Waals surface area contributed by atoms with Gasteiger partial charge in [-0.2, -0.15) is 0 Å². The third-order valence-electron chi connectivity index (χ3n) is 4.13. The lowest BCUT2D eigenvalue weighted by atomic mass is 10.0. The van der Waals surface area contributed by atoms with Crippen LogP contribution in [0.5, 0.6) is 0 Å². The number of fused-ring (bicyclic) bond motifs is 1. The molecule has 19 heavy (non-hydrogen) atoms. The summed E-state index contributed by atoms with van der Waals surface area (Å²) in [4.78, 5) is 14.3. The molecule has 0 aromatic carbocycles. The lowest BCUT2D eigenvalue weighted by Gasteiger charge is -2.33. The second kappa shape index (κ2) is 5.43. The highest BCUT2D eigenvalue weighted by Gasteiger charge is 2.21. The Labute approximate surface area is 115 Å². The summed E-state index contributed by atoms with van der Waals surface area (Å²) < 4.78 is 0. The van der Waals surface area contributed by atoms with E-state index in [0.29, 0.717) is 0 Å². The first-order chi connectivity index (χ1) is 9.28. The zero-order valence-electron chi connectivity index (χ0n) is 11.9. The smallest absolute Gasteiger partial charge is 0.225 e. The SMILES string of the molecule is CCc1nc(N2CCN(C)CC2)nc2c1CNCC2. The maximum Gasteiger partial charge on any atom is 0.225 e. The molecule has 1 N–H and O–H groups in total. The number of piperazine rings is 1. The minimum absolute atomic E-state index is 0.932. The molecule has 2 aliphatic rings. The number of nitrogens with zero attached hydrogens (tertiary/aromatic N) is 4. The molecule has 0 unspecified atom stereocenters. The number of anilines is 1. The molecule has 1 saturated heterocycles. The van der Waals surface area contributed by atoms with Crippen LogP contribution in [0, 0.1) is 0 Å². The standard InChI is InChI=1S/C14H23N5/c1-3-12-11-10-15-5-4-13(11)17-14(16-12)19-8-6-18(2)7-9-19/h15H,3-10H2,1-2H3. The molecule has 0 spiro atoms. The van der Waals surface area contributed by atoms with Crippen LogP contribution in [0.3, 0.4) is 0 Å². The van der Waals surface area contributed by atoms with E-state index in [1.54, 1.807) is 0 Å². The molecule has 5 heteroatoms. The van der Waals surface area contributed by atoms with Gasteiger partial charge < -0.3 is 15.1 Å². The van der Waals surface area contributed by atoms with Gasteiger partial charge in [0, 0.05) is 51.3 Å². The summed E-state index contributed by atoms with van der Waals surface area (Å²) in [7, 11) is 2.17. The van der Waals surface area contributed by atoms with Gasteiger partial charge in [-0.05, 0) is 13.5 Å². The quantitative estimate of drug-likeness (QED) is 0.837. The molecule has 3 rings (SSSR count). The Morgan fingerprint density at radius 3 is 2.68 bits per heavy atom. The highest BCUT2D eigenvalue weighted by molar-refractivity contribution is 5.39. The van der Waals surface area contributed by atoms with Gasteiger partial charge in [-0.15, -0.1) is 0 Å². The average Bonchev–Trinajstić information content (AvgIpc) is 2.47. The van der Waals surface area contributed by atoms with Crippen molar-refractivity contribution in [2.75, 3.05) is 44.7 Å². The summed E-state index contributed by atoms with van der Waals surface area (Å²) in [6.07, 6.45) is 2.03. The normalized spacial score (nSPS) is 20.4. The van der Waals surface area contributed by atoms with Crippen molar-refractivity contribution in [1.29, 1.82) is 0 Å². The van der Waals surface area contributed by atoms with Gasteiger partial charge in [0.2, 0.25) is 5.95 Å². The fourth-order valence-corrected chi connectivity index (χ4v) is 2.84. The van der Waals surface area contributed by atoms with Crippen LogP contribution in [-0.4, -0.2) is 54.6 Å². The van der Waals surface area contributed by atoms with Gasteiger partial charge >= 0.3 is 0 Å². The number of aryl methyl sites for hydroxylation is 1. The molecule has 0 saturated carbocycles. The highest BCUT2D eigenvalue weighted by atomic mass is 15.3. The zero-order chi connectivity index (χ0) is 13.2. The van der Waals surface area contributed by atoms with E-state index in [1.165, 1.54) is 17.0 Å². The fourth-order valence-electron chi connectivity index (χ4n) is 2.84. The van der Waals surface area contributed by atoms with Crippen molar-refractivity contribution in [3.8, 4) is 0 Å². The predicted octanol–water partition coefficient (Wildman–Crippen LogP) is 0.436. The van der Waals surface area contributed by atoms with Crippen molar-refractivity contribution < 1.29 is 0 Å². The molecule has 5 nitrogen and oxygen atoms in total. The molecule has 0 radical (unpaired) electrons. The number of likely N-dealkylation sites (N-methyl/N-ethyl adjacent to an activating group) is 1. The maximum absolute atomic E-state index is 4.83. The monoisotopic (exact) mass is 261 g/mol. The Morgan fingerprint density at radius 2 is 1.95 bits per heavy atom. The van der Waals surface area contributed by atoms with Crippen LogP contribution in [0.1, 0.15) is 23.9 Å². The molecule has 0 bridgehead atoms. The Bertz CT molecular complexity index is 434. The molecule has 0 amide bonds. The van der Waals surface area contributed by atoms with Crippen molar-refractivity contribution in [1.82, 2.24) is 20.2 Å². The summed E-state index contributed by atoms with van der Waals surface area (Å²) >= 11 is 0. The molecule has 3 heterocycles. The number of aromatic nitrogens is 2. The lowest BCUT2D eigenvalue weighted by molar-refractivity contribution is 0.311. The number of rotatable bonds is 2. The molecular formula is C14H23N5. The molecule has 1 aromatic heterocycles. The van der Waals surface area contributed by atoms with Crippen molar-refractivity contribution in [2.45, 2.75) is 26.3 Å². The van der Waals surface area contributed by atoms with Crippen molar-refractivity contribution in [3.63, 3.8) is 0 Å². The van der Waals surface area contributed by atoms with E-state index in [-0.39, 0.29) is 0 Å². The van der Waals surface area contributed by atoms with Crippen molar-refractivity contribution in [2.24, 2.45) is 0 Å². The van der Waals surface area contributed by atoms with Gasteiger partial charge in [0.25, 0.3) is 0 Å². The third-order valence-corrected chi connectivity index (χ3v) is 4.13. The topological polar surface area (TPSA) is 44.3 Å². The fraction of sp³-hybridized carbons (Fsp3) is 0.714. The van der Waals surface area contributed by atoms with Gasteiger partial charge in [0.15, 0.2) is 0 Å². The van der Waals surface area contributed by atoms with E-state index < -0.39 is 0 Å². The van der Waals surface area contributed by atoms with Crippen LogP contribution in [0.2, 0.25) is 0 Å². The molecule has 0 atom stereocenters. The Hall–Kier alpha value is -1.20. The van der Waals surface area contributed by atoms with Crippen LogP contribution >= 0.6 is 0 Å². The Morgan fingerprint density at radius 1 is 1.16 bits per heavy atom. The maximum atomic E-state index is 4.83. The summed E-state index contributed by atoms with van der Waals surface area (Å²) in [6.45, 7) is 8.43. The van der Waals surface area contributed by atoms with Gasteiger partial charge in [-0.1, -0.05) is 6.92 Å². The van der Waals surface area contributed by atoms with E-state index in [0.717, 1.165) is 58.1 Å². The van der Waals surface area contributed by atoms with E-state index >= 15 is 0 Å². The first kappa shape index (κ1) is 12.8. The zero-order valence-corrected chi connectivity index (χ0v) is 11.9. The van der Waals surface area contributed by atoms with E-state index in [4.69, 9.17) is 9.97 Å². The number of hydrogen-bond donors (Lipinski definition) is 1. The number of hydrogen-bond acceptors (Lipinski definition) is 5. The van der Waals surface area contributed by atoms with Gasteiger partial charge in [-0.3, -0.25) is 0 Å². The molecular weight excluding hydrogens is 238 g/mol. The van der Waals surface area contributed by atoms with Gasteiger partial charge in [-0.25, -0.2) is 9.97 Å². The van der Waals surface area contributed by atoms with E-state index in [2.05, 4.69) is 29.1 Å². The highest BCUT2D eigenvalue weighted by Crippen LogP contribution is 2.20. The van der Waals surface area contributed by atoms with Crippen LogP contribution in [0.25, 0.3) is 0 Å². The summed E-state index contributed by atoms with van der Waals surface area (Å²) in [5.74, 6) is 0.950. The van der Waals surface area contributed by atoms with Gasteiger partial charge in [0.1, 0.15) is 0 Å². The van der Waals surface area contributed by atoms with Gasteiger partial charge in [0.05, 0.1) is 11.4 Å². The van der Waals surface area contributed by atoms with Crippen molar-refractivity contribution in [3.05, 3.63) is 17.0 Å².